The van der Waals surface area contributed by atoms with E-state index in [4.69, 9.17) is 0 Å². The molecule has 0 aromatic heterocycles. The first kappa shape index (κ1) is 56.2. The van der Waals surface area contributed by atoms with Gasteiger partial charge in [0.15, 0.2) is 0 Å². The zero-order chi connectivity index (χ0) is 48.3. The van der Waals surface area contributed by atoms with Crippen LogP contribution in [0.1, 0.15) is 118 Å². The first-order valence-electron chi connectivity index (χ1n) is 22.5. The maximum absolute atomic E-state index is 12.5. The average Bonchev–Trinajstić information content (AvgIpc) is 3.87. The second kappa shape index (κ2) is 23.0. The number of benzene rings is 6. The standard InChI is InChI=1S/C31H29.C15H8F6.C13H21.2ClH.Zr/c1-18-11-20(3)30(21(4)12-18)24-7-9-28-26(15-24)17-27-16-25(8-10-29(27)28)31-22(5)13-19(2)14-23(31)6;16-14(17,18)12-5-1-10(2-6-12)9-11-3-7-13(8-4-11)15(19,20)21;1-5-6-7-11-8-9-12(10-11)13(2,3)4;;;/h7-15H,17H2,1-6H3;1-8H;8-10H,5-7H2,1-4H3;2*1H;/q-1;;-1;;;+2/p-2. The first-order valence-corrected chi connectivity index (χ1v) is 23.7. The number of unbranched alkanes of at least 4 members (excludes halogenated alkanes) is 1. The number of rotatable bonds is 7. The van der Waals surface area contributed by atoms with Gasteiger partial charge in [-0.05, 0) is 75.8 Å². The topological polar surface area (TPSA) is 0 Å². The molecule has 0 saturated heterocycles. The summed E-state index contributed by atoms with van der Waals surface area (Å²) in [6.07, 6.45) is -4.02. The molecule has 0 saturated carbocycles. The molecule has 0 atom stereocenters. The minimum Gasteiger partial charge on any atom is -1.00 e. The summed E-state index contributed by atoms with van der Waals surface area (Å²) in [5.41, 5.74) is 21.6. The van der Waals surface area contributed by atoms with Crippen LogP contribution in [0.25, 0.3) is 33.4 Å². The van der Waals surface area contributed by atoms with Gasteiger partial charge < -0.3 is 24.8 Å². The summed E-state index contributed by atoms with van der Waals surface area (Å²) in [7, 11) is 0. The third kappa shape index (κ3) is 13.7. The van der Waals surface area contributed by atoms with Crippen LogP contribution >= 0.6 is 0 Å². The van der Waals surface area contributed by atoms with Crippen molar-refractivity contribution in [2.24, 2.45) is 0 Å². The molecule has 0 spiro atoms. The predicted molar refractivity (Wildman–Crippen MR) is 258 cm³/mol. The van der Waals surface area contributed by atoms with Gasteiger partial charge in [0.1, 0.15) is 0 Å². The summed E-state index contributed by atoms with van der Waals surface area (Å²) in [6, 6.07) is 40.5. The molecule has 0 N–H and O–H groups in total. The zero-order valence-electron chi connectivity index (χ0n) is 40.4. The molecule has 0 aliphatic heterocycles. The zero-order valence-corrected chi connectivity index (χ0v) is 44.4. The van der Waals surface area contributed by atoms with Gasteiger partial charge in [0, 0.05) is 0 Å². The Morgan fingerprint density at radius 2 is 1.06 bits per heavy atom. The van der Waals surface area contributed by atoms with Crippen molar-refractivity contribution >= 4 is 3.21 Å². The fourth-order valence-electron chi connectivity index (χ4n) is 8.98. The van der Waals surface area contributed by atoms with Crippen LogP contribution < -0.4 is 24.8 Å². The molecule has 0 nitrogen and oxygen atoms in total. The molecule has 7 aromatic rings. The second-order valence-electron chi connectivity index (χ2n) is 18.7. The van der Waals surface area contributed by atoms with Crippen molar-refractivity contribution in [1.82, 2.24) is 0 Å². The van der Waals surface area contributed by atoms with Crippen molar-refractivity contribution in [2.45, 2.75) is 113 Å². The van der Waals surface area contributed by atoms with Crippen molar-refractivity contribution in [3.8, 4) is 33.4 Å². The van der Waals surface area contributed by atoms with Crippen LogP contribution in [0.3, 0.4) is 0 Å². The van der Waals surface area contributed by atoms with Crippen molar-refractivity contribution in [2.75, 3.05) is 0 Å². The molecule has 356 valence electrons. The molecule has 0 bridgehead atoms. The quantitative estimate of drug-likeness (QED) is 0.110. The van der Waals surface area contributed by atoms with Crippen molar-refractivity contribution in [3.63, 3.8) is 0 Å². The molecule has 68 heavy (non-hydrogen) atoms. The van der Waals surface area contributed by atoms with Crippen molar-refractivity contribution in [3.05, 3.63) is 205 Å². The Balaban J connectivity index is 0.000000239. The van der Waals surface area contributed by atoms with E-state index in [-0.39, 0.29) is 24.8 Å². The maximum atomic E-state index is 12.5. The Labute approximate surface area is 427 Å². The number of hydrogen-bond acceptors (Lipinski definition) is 0. The van der Waals surface area contributed by atoms with Crippen LogP contribution in [-0.2, 0) is 54.8 Å². The molecule has 0 radical (unpaired) electrons. The largest absolute Gasteiger partial charge is 1.00 e. The predicted octanol–water partition coefficient (Wildman–Crippen LogP) is 11.1. The monoisotopic (exact) mass is 1040 g/mol. The fraction of sp³-hybridized carbons (Fsp3) is 0.288. The summed E-state index contributed by atoms with van der Waals surface area (Å²) in [5, 5.41) is 0. The van der Waals surface area contributed by atoms with E-state index in [0.29, 0.717) is 19.7 Å². The Hall–Kier alpha value is -4.42. The van der Waals surface area contributed by atoms with Gasteiger partial charge in [0.2, 0.25) is 0 Å². The number of aryl methyl sites for hydroxylation is 7. The third-order valence-corrected chi connectivity index (χ3v) is 13.6. The molecule has 0 amide bonds. The fourth-order valence-corrected chi connectivity index (χ4v) is 9.80. The van der Waals surface area contributed by atoms with Crippen LogP contribution in [0, 0.1) is 47.6 Å². The Kier molecular flexibility index (Phi) is 19.0. The third-order valence-electron chi connectivity index (χ3n) is 12.2. The van der Waals surface area contributed by atoms with E-state index in [1.54, 1.807) is 0 Å². The summed E-state index contributed by atoms with van der Waals surface area (Å²) in [6.45, 7) is 22.3. The SMILES string of the molecule is CCCCc1cc(C(C)(C)C)c[cH-]1.Cc1cc(C)c(-c2[c-]c3c(cc2)-c2ccc(-c4c(C)cc(C)cc4C)cc2C3)c(C)c1.FC(F)(F)c1ccc([C](=[Zr+2])c2ccc(C(F)(F)F)cc2)cc1.[Cl-].[Cl-]. The van der Waals surface area contributed by atoms with E-state index in [1.165, 1.54) is 133 Å². The van der Waals surface area contributed by atoms with E-state index in [1.807, 2.05) is 0 Å². The van der Waals surface area contributed by atoms with Crippen molar-refractivity contribution < 1.29 is 75.4 Å². The molecule has 7 aromatic carbocycles. The van der Waals surface area contributed by atoms with Gasteiger partial charge in [-0.15, -0.1) is 29.3 Å². The molecular formula is C59H58Cl2F6Zr-2. The van der Waals surface area contributed by atoms with Gasteiger partial charge in [-0.1, -0.05) is 134 Å². The van der Waals surface area contributed by atoms with Gasteiger partial charge >= 0.3 is 137 Å². The van der Waals surface area contributed by atoms with Gasteiger partial charge in [0.25, 0.3) is 0 Å². The van der Waals surface area contributed by atoms with Crippen molar-refractivity contribution in [1.29, 1.82) is 0 Å². The molecule has 0 fully saturated rings. The Morgan fingerprint density at radius 3 is 1.50 bits per heavy atom. The van der Waals surface area contributed by atoms with Crippen LogP contribution in [0.5, 0.6) is 0 Å². The van der Waals surface area contributed by atoms with Crippen LogP contribution in [-0.4, -0.2) is 3.21 Å². The normalized spacial score (nSPS) is 11.8. The summed E-state index contributed by atoms with van der Waals surface area (Å²) >= 11 is 0.898. The van der Waals surface area contributed by atoms with E-state index < -0.39 is 23.5 Å². The average molecular weight is 1040 g/mol. The first-order chi connectivity index (χ1) is 30.9. The molecule has 1 aliphatic rings. The smallest absolute Gasteiger partial charge is 1.00 e. The summed E-state index contributed by atoms with van der Waals surface area (Å²) in [4.78, 5) is 0. The molecule has 9 heteroatoms. The maximum Gasteiger partial charge on any atom is -1.00 e. The Morgan fingerprint density at radius 1 is 0.588 bits per heavy atom. The molecule has 1 aliphatic carbocycles. The van der Waals surface area contributed by atoms with E-state index in [2.05, 4.69) is 148 Å². The Bertz CT molecular complexity index is 2630. The summed E-state index contributed by atoms with van der Waals surface area (Å²) < 4.78 is 75.6. The molecule has 0 unspecified atom stereocenters. The minimum atomic E-state index is -4.41. The van der Waals surface area contributed by atoms with Crippen LogP contribution in [0.15, 0.2) is 121 Å². The molecule has 0 heterocycles. The van der Waals surface area contributed by atoms with Gasteiger partial charge in [-0.3, -0.25) is 0 Å². The number of halogens is 8. The number of alkyl halides is 6. The van der Waals surface area contributed by atoms with E-state index in [0.717, 1.165) is 54.9 Å². The molecular weight excluding hydrogens is 985 g/mol. The number of hydrogen-bond donors (Lipinski definition) is 0. The molecule has 8 rings (SSSR count). The minimum absolute atomic E-state index is 0. The number of fused-ring (bicyclic) bond motifs is 3. The van der Waals surface area contributed by atoms with Gasteiger partial charge in [-0.2, -0.15) is 23.3 Å². The van der Waals surface area contributed by atoms with Crippen LogP contribution in [0.2, 0.25) is 0 Å². The van der Waals surface area contributed by atoms with Crippen LogP contribution in [0.4, 0.5) is 26.3 Å². The van der Waals surface area contributed by atoms with E-state index >= 15 is 0 Å². The van der Waals surface area contributed by atoms with Gasteiger partial charge in [-0.25, -0.2) is 6.07 Å². The second-order valence-corrected chi connectivity index (χ2v) is 20.0. The summed E-state index contributed by atoms with van der Waals surface area (Å²) in [5.74, 6) is 0. The van der Waals surface area contributed by atoms with E-state index in [9.17, 15) is 26.3 Å². The van der Waals surface area contributed by atoms with Gasteiger partial charge in [0.05, 0.1) is 0 Å².